The van der Waals surface area contributed by atoms with E-state index in [2.05, 4.69) is 20.9 Å². The van der Waals surface area contributed by atoms with Crippen molar-refractivity contribution in [1.82, 2.24) is 20.9 Å². The van der Waals surface area contributed by atoms with Crippen LogP contribution in [0.2, 0.25) is 0 Å². The average Bonchev–Trinajstić information content (AvgIpc) is 3.26. The lowest BCUT2D eigenvalue weighted by Gasteiger charge is -2.28. The molecular weight excluding hydrogens is 474 g/mol. The Bertz CT molecular complexity index is 1100. The quantitative estimate of drug-likeness (QED) is 0.238. The molecule has 0 aliphatic heterocycles. The number of aromatic nitrogens is 1. The zero-order valence-corrected chi connectivity index (χ0v) is 22.5. The van der Waals surface area contributed by atoms with Crippen molar-refractivity contribution in [2.75, 3.05) is 0 Å². The molecule has 2 rings (SSSR count). The summed E-state index contributed by atoms with van der Waals surface area (Å²) in [7, 11) is 0. The SMILES string of the molecule is CCC(C)C(N)C(=O)NC(C(=O)NC(Cc1c[nH]c2ccccc12)C(=O)NC(C(=O)O)C(C)C)C(C)C. The van der Waals surface area contributed by atoms with Gasteiger partial charge in [-0.15, -0.1) is 0 Å². The first-order valence-corrected chi connectivity index (χ1v) is 12.8. The zero-order chi connectivity index (χ0) is 27.9. The number of carbonyl (C=O) groups is 4. The Hall–Kier alpha value is -3.40. The molecule has 10 nitrogen and oxygen atoms in total. The fraction of sp³-hybridized carbons (Fsp3) is 0.556. The normalized spacial score (nSPS) is 15.6. The molecule has 0 aliphatic carbocycles. The predicted octanol–water partition coefficient (Wildman–Crippen LogP) is 1.93. The fourth-order valence-electron chi connectivity index (χ4n) is 4.06. The third-order valence-corrected chi connectivity index (χ3v) is 6.77. The summed E-state index contributed by atoms with van der Waals surface area (Å²) in [5.74, 6) is -3.48. The molecule has 1 aromatic heterocycles. The van der Waals surface area contributed by atoms with Crippen LogP contribution < -0.4 is 21.7 Å². The number of hydrogen-bond donors (Lipinski definition) is 6. The third-order valence-electron chi connectivity index (χ3n) is 6.77. The van der Waals surface area contributed by atoms with Gasteiger partial charge in [0, 0.05) is 23.5 Å². The van der Waals surface area contributed by atoms with Gasteiger partial charge in [0.1, 0.15) is 18.1 Å². The van der Waals surface area contributed by atoms with E-state index in [4.69, 9.17) is 5.73 Å². The van der Waals surface area contributed by atoms with Crippen LogP contribution in [-0.2, 0) is 25.6 Å². The van der Waals surface area contributed by atoms with Gasteiger partial charge in [0.2, 0.25) is 17.7 Å². The second-order valence-corrected chi connectivity index (χ2v) is 10.3. The van der Waals surface area contributed by atoms with Crippen molar-refractivity contribution in [2.45, 2.75) is 78.6 Å². The molecule has 1 aromatic carbocycles. The Morgan fingerprint density at radius 3 is 2.05 bits per heavy atom. The molecule has 5 unspecified atom stereocenters. The highest BCUT2D eigenvalue weighted by Crippen LogP contribution is 2.20. The summed E-state index contributed by atoms with van der Waals surface area (Å²) < 4.78 is 0. The molecule has 7 N–H and O–H groups in total. The Morgan fingerprint density at radius 2 is 1.49 bits per heavy atom. The second-order valence-electron chi connectivity index (χ2n) is 10.3. The molecule has 0 spiro atoms. The Kier molecular flexibility index (Phi) is 10.7. The van der Waals surface area contributed by atoms with E-state index in [1.165, 1.54) is 0 Å². The van der Waals surface area contributed by atoms with Crippen LogP contribution in [0.5, 0.6) is 0 Å². The standard InChI is InChI=1S/C27H41N5O5/c1-7-16(6)21(28)25(34)31-22(14(2)3)26(35)30-20(24(33)32-23(15(4)5)27(36)37)12-17-13-29-19-11-9-8-10-18(17)19/h8-11,13-16,20-23,29H,7,12,28H2,1-6H3,(H,30,35)(H,31,34)(H,32,33)(H,36,37). The molecule has 10 heteroatoms. The number of aliphatic carboxylic acids is 1. The van der Waals surface area contributed by atoms with Gasteiger partial charge in [-0.05, 0) is 29.4 Å². The summed E-state index contributed by atoms with van der Waals surface area (Å²) in [6.45, 7) is 10.7. The van der Waals surface area contributed by atoms with Crippen molar-refractivity contribution in [2.24, 2.45) is 23.5 Å². The Balaban J connectivity index is 2.32. The molecule has 2 aromatic rings. The number of aromatic amines is 1. The van der Waals surface area contributed by atoms with Crippen molar-refractivity contribution in [3.63, 3.8) is 0 Å². The van der Waals surface area contributed by atoms with Crippen LogP contribution in [0.3, 0.4) is 0 Å². The average molecular weight is 516 g/mol. The molecule has 37 heavy (non-hydrogen) atoms. The maximum absolute atomic E-state index is 13.4. The van der Waals surface area contributed by atoms with Crippen LogP contribution in [0.15, 0.2) is 30.5 Å². The summed E-state index contributed by atoms with van der Waals surface area (Å²) in [5.41, 5.74) is 7.72. The van der Waals surface area contributed by atoms with E-state index in [1.54, 1.807) is 33.9 Å². The van der Waals surface area contributed by atoms with Gasteiger partial charge in [-0.1, -0.05) is 66.2 Å². The highest BCUT2D eigenvalue weighted by atomic mass is 16.4. The summed E-state index contributed by atoms with van der Waals surface area (Å²) in [6.07, 6.45) is 2.60. The largest absolute Gasteiger partial charge is 0.480 e. The molecule has 0 saturated carbocycles. The third kappa shape index (κ3) is 7.79. The number of amides is 3. The Labute approximate surface area is 218 Å². The number of carboxylic acid groups (broad SMARTS) is 1. The van der Waals surface area contributed by atoms with E-state index >= 15 is 0 Å². The maximum Gasteiger partial charge on any atom is 0.326 e. The monoisotopic (exact) mass is 515 g/mol. The molecule has 0 saturated heterocycles. The lowest BCUT2D eigenvalue weighted by Crippen LogP contribution is -2.59. The van der Waals surface area contributed by atoms with Gasteiger partial charge in [-0.25, -0.2) is 4.79 Å². The van der Waals surface area contributed by atoms with Crippen molar-refractivity contribution in [3.8, 4) is 0 Å². The van der Waals surface area contributed by atoms with Gasteiger partial charge in [-0.2, -0.15) is 0 Å². The van der Waals surface area contributed by atoms with E-state index in [0.29, 0.717) is 6.42 Å². The van der Waals surface area contributed by atoms with E-state index < -0.39 is 47.9 Å². The number of hydrogen-bond acceptors (Lipinski definition) is 5. The number of nitrogens with two attached hydrogens (primary N) is 1. The van der Waals surface area contributed by atoms with Crippen molar-refractivity contribution in [3.05, 3.63) is 36.0 Å². The summed E-state index contributed by atoms with van der Waals surface area (Å²) in [4.78, 5) is 54.3. The van der Waals surface area contributed by atoms with Crippen LogP contribution >= 0.6 is 0 Å². The molecule has 0 bridgehead atoms. The minimum absolute atomic E-state index is 0.0692. The summed E-state index contributed by atoms with van der Waals surface area (Å²) in [5, 5.41) is 18.5. The second kappa shape index (κ2) is 13.2. The van der Waals surface area contributed by atoms with Crippen molar-refractivity contribution >= 4 is 34.6 Å². The minimum atomic E-state index is -1.16. The smallest absolute Gasteiger partial charge is 0.326 e. The summed E-state index contributed by atoms with van der Waals surface area (Å²) in [6, 6.07) is 3.66. The van der Waals surface area contributed by atoms with Crippen LogP contribution in [0.1, 0.15) is 53.5 Å². The van der Waals surface area contributed by atoms with E-state index in [0.717, 1.165) is 16.5 Å². The van der Waals surface area contributed by atoms with Crippen molar-refractivity contribution < 1.29 is 24.3 Å². The van der Waals surface area contributed by atoms with Crippen LogP contribution in [-0.4, -0.2) is 57.9 Å². The maximum atomic E-state index is 13.4. The topological polar surface area (TPSA) is 166 Å². The molecule has 1 heterocycles. The lowest BCUT2D eigenvalue weighted by molar-refractivity contribution is -0.143. The minimum Gasteiger partial charge on any atom is -0.480 e. The highest BCUT2D eigenvalue weighted by Gasteiger charge is 2.33. The number of carboxylic acids is 1. The number of benzene rings is 1. The highest BCUT2D eigenvalue weighted by molar-refractivity contribution is 5.95. The van der Waals surface area contributed by atoms with Gasteiger partial charge in [0.25, 0.3) is 0 Å². The van der Waals surface area contributed by atoms with E-state index in [1.807, 2.05) is 38.1 Å². The first-order chi connectivity index (χ1) is 17.4. The van der Waals surface area contributed by atoms with Gasteiger partial charge in [0.05, 0.1) is 6.04 Å². The lowest BCUT2D eigenvalue weighted by atomic mass is 9.97. The number of para-hydroxylation sites is 1. The zero-order valence-electron chi connectivity index (χ0n) is 22.5. The number of H-pyrrole nitrogens is 1. The fourth-order valence-corrected chi connectivity index (χ4v) is 4.06. The van der Waals surface area contributed by atoms with E-state index in [-0.39, 0.29) is 24.2 Å². The van der Waals surface area contributed by atoms with Gasteiger partial charge < -0.3 is 31.8 Å². The molecule has 204 valence electrons. The molecule has 0 radical (unpaired) electrons. The number of fused-ring (bicyclic) bond motifs is 1. The van der Waals surface area contributed by atoms with Crippen LogP contribution in [0.4, 0.5) is 0 Å². The van der Waals surface area contributed by atoms with Gasteiger partial charge in [-0.3, -0.25) is 14.4 Å². The van der Waals surface area contributed by atoms with Crippen LogP contribution in [0, 0.1) is 17.8 Å². The van der Waals surface area contributed by atoms with E-state index in [9.17, 15) is 24.3 Å². The number of rotatable bonds is 13. The molecule has 0 fully saturated rings. The van der Waals surface area contributed by atoms with Gasteiger partial charge >= 0.3 is 5.97 Å². The number of carbonyl (C=O) groups excluding carboxylic acids is 3. The molecule has 0 aliphatic rings. The first kappa shape index (κ1) is 29.8. The predicted molar refractivity (Wildman–Crippen MR) is 143 cm³/mol. The molecular formula is C27H41N5O5. The summed E-state index contributed by atoms with van der Waals surface area (Å²) >= 11 is 0. The molecule has 3 amide bonds. The molecule has 5 atom stereocenters. The van der Waals surface area contributed by atoms with Crippen molar-refractivity contribution in [1.29, 1.82) is 0 Å². The first-order valence-electron chi connectivity index (χ1n) is 12.8. The van der Waals surface area contributed by atoms with Gasteiger partial charge in [0.15, 0.2) is 0 Å². The Morgan fingerprint density at radius 1 is 0.892 bits per heavy atom. The van der Waals surface area contributed by atoms with Crippen LogP contribution in [0.25, 0.3) is 10.9 Å². The number of nitrogens with one attached hydrogen (secondary N) is 4.